The van der Waals surface area contributed by atoms with Crippen molar-refractivity contribution in [1.82, 2.24) is 0 Å². The van der Waals surface area contributed by atoms with E-state index in [0.717, 1.165) is 0 Å². The summed E-state index contributed by atoms with van der Waals surface area (Å²) in [6, 6.07) is 10.5. The van der Waals surface area contributed by atoms with Crippen molar-refractivity contribution in [3.63, 3.8) is 0 Å². The molecule has 0 bridgehead atoms. The van der Waals surface area contributed by atoms with E-state index in [1.807, 2.05) is 0 Å². The molecule has 0 radical (unpaired) electrons. The second-order valence-electron chi connectivity index (χ2n) is 4.49. The van der Waals surface area contributed by atoms with Crippen molar-refractivity contribution in [3.8, 4) is 22.8 Å². The second-order valence-corrected chi connectivity index (χ2v) is 4.49. The number of hydrogen-bond acceptors (Lipinski definition) is 5. The first-order valence-electron chi connectivity index (χ1n) is 6.15. The van der Waals surface area contributed by atoms with Gasteiger partial charge in [0.1, 0.15) is 16.9 Å². The van der Waals surface area contributed by atoms with Crippen LogP contribution in [0.5, 0.6) is 11.5 Å². The van der Waals surface area contributed by atoms with Gasteiger partial charge in [-0.1, -0.05) is 12.1 Å². The van der Waals surface area contributed by atoms with E-state index in [1.54, 1.807) is 24.3 Å². The lowest BCUT2D eigenvalue weighted by molar-refractivity contribution is 0.112. The molecule has 1 aromatic heterocycles. The standard InChI is InChI=1S/C16H10O5/c17-8-11-15(20)10-3-1-2-4-14(10)21-16(11)9-5-6-12(18)13(19)7-9/h1-8,18-19H. The summed E-state index contributed by atoms with van der Waals surface area (Å²) in [5.41, 5.74) is 0.110. The van der Waals surface area contributed by atoms with Gasteiger partial charge in [-0.25, -0.2) is 0 Å². The second kappa shape index (κ2) is 4.79. The molecule has 5 nitrogen and oxygen atoms in total. The van der Waals surface area contributed by atoms with Gasteiger partial charge in [-0.15, -0.1) is 0 Å². The van der Waals surface area contributed by atoms with Crippen LogP contribution < -0.4 is 5.43 Å². The molecule has 0 aliphatic rings. The van der Waals surface area contributed by atoms with Gasteiger partial charge in [-0.3, -0.25) is 9.59 Å². The summed E-state index contributed by atoms with van der Waals surface area (Å²) in [7, 11) is 0. The van der Waals surface area contributed by atoms with Gasteiger partial charge in [0.2, 0.25) is 5.43 Å². The number of para-hydroxylation sites is 1. The molecule has 104 valence electrons. The van der Waals surface area contributed by atoms with Crippen LogP contribution in [0.15, 0.2) is 51.7 Å². The lowest BCUT2D eigenvalue weighted by atomic mass is 10.0. The molecular weight excluding hydrogens is 272 g/mol. The minimum Gasteiger partial charge on any atom is -0.504 e. The molecule has 2 N–H and O–H groups in total. The van der Waals surface area contributed by atoms with E-state index in [2.05, 4.69) is 0 Å². The fraction of sp³-hybridized carbons (Fsp3) is 0. The zero-order valence-corrected chi connectivity index (χ0v) is 10.7. The van der Waals surface area contributed by atoms with Crippen molar-refractivity contribution in [3.05, 3.63) is 58.3 Å². The van der Waals surface area contributed by atoms with Crippen LogP contribution in [0.1, 0.15) is 10.4 Å². The molecule has 0 aliphatic carbocycles. The summed E-state index contributed by atoms with van der Waals surface area (Å²) < 4.78 is 5.62. The van der Waals surface area contributed by atoms with E-state index in [-0.39, 0.29) is 22.8 Å². The summed E-state index contributed by atoms with van der Waals surface area (Å²) in [5, 5.41) is 19.2. The monoisotopic (exact) mass is 282 g/mol. The van der Waals surface area contributed by atoms with Crippen molar-refractivity contribution in [2.24, 2.45) is 0 Å². The summed E-state index contributed by atoms with van der Waals surface area (Å²) >= 11 is 0. The number of rotatable bonds is 2. The highest BCUT2D eigenvalue weighted by Crippen LogP contribution is 2.32. The summed E-state index contributed by atoms with van der Waals surface area (Å²) in [6.45, 7) is 0. The van der Waals surface area contributed by atoms with Gasteiger partial charge in [-0.05, 0) is 30.3 Å². The fourth-order valence-electron chi connectivity index (χ4n) is 2.14. The van der Waals surface area contributed by atoms with Gasteiger partial charge in [0.25, 0.3) is 0 Å². The molecule has 0 saturated carbocycles. The van der Waals surface area contributed by atoms with Crippen LogP contribution >= 0.6 is 0 Å². The largest absolute Gasteiger partial charge is 0.504 e. The molecule has 3 aromatic rings. The number of aldehydes is 1. The third kappa shape index (κ3) is 2.04. The Balaban J connectivity index is 2.38. The zero-order chi connectivity index (χ0) is 15.0. The maximum atomic E-state index is 12.3. The third-order valence-electron chi connectivity index (χ3n) is 3.19. The fourth-order valence-corrected chi connectivity index (χ4v) is 2.14. The molecule has 5 heteroatoms. The number of carbonyl (C=O) groups excluding carboxylic acids is 1. The molecule has 21 heavy (non-hydrogen) atoms. The smallest absolute Gasteiger partial charge is 0.203 e. The number of aromatic hydroxyl groups is 2. The Morgan fingerprint density at radius 1 is 1.00 bits per heavy atom. The Hall–Kier alpha value is -3.08. The Bertz CT molecular complexity index is 908. The van der Waals surface area contributed by atoms with E-state index in [0.29, 0.717) is 22.8 Å². The minimum atomic E-state index is -0.436. The van der Waals surface area contributed by atoms with Crippen molar-refractivity contribution in [2.75, 3.05) is 0 Å². The van der Waals surface area contributed by atoms with Crippen molar-refractivity contribution in [1.29, 1.82) is 0 Å². The van der Waals surface area contributed by atoms with Crippen molar-refractivity contribution < 1.29 is 19.4 Å². The zero-order valence-electron chi connectivity index (χ0n) is 10.7. The molecule has 0 spiro atoms. The van der Waals surface area contributed by atoms with Crippen LogP contribution in [0, 0.1) is 0 Å². The van der Waals surface area contributed by atoms with Crippen LogP contribution in [0.25, 0.3) is 22.3 Å². The highest BCUT2D eigenvalue weighted by molar-refractivity contribution is 5.91. The maximum Gasteiger partial charge on any atom is 0.203 e. The predicted octanol–water partition coefficient (Wildman–Crippen LogP) is 2.68. The normalized spacial score (nSPS) is 10.7. The summed E-state index contributed by atoms with van der Waals surface area (Å²) in [4.78, 5) is 23.5. The van der Waals surface area contributed by atoms with E-state index in [1.165, 1.54) is 18.2 Å². The highest BCUT2D eigenvalue weighted by atomic mass is 16.3. The first-order chi connectivity index (χ1) is 10.1. The number of fused-ring (bicyclic) bond motifs is 1. The predicted molar refractivity (Wildman–Crippen MR) is 76.6 cm³/mol. The van der Waals surface area contributed by atoms with Crippen molar-refractivity contribution in [2.45, 2.75) is 0 Å². The van der Waals surface area contributed by atoms with Gasteiger partial charge < -0.3 is 14.6 Å². The van der Waals surface area contributed by atoms with E-state index >= 15 is 0 Å². The Labute approximate surface area is 118 Å². The Kier molecular flexibility index (Phi) is 2.95. The molecule has 1 heterocycles. The van der Waals surface area contributed by atoms with Crippen LogP contribution in [-0.4, -0.2) is 16.5 Å². The van der Waals surface area contributed by atoms with E-state index in [4.69, 9.17) is 4.42 Å². The minimum absolute atomic E-state index is 0.0593. The quantitative estimate of drug-likeness (QED) is 0.557. The molecule has 0 fully saturated rings. The average molecular weight is 282 g/mol. The molecule has 3 rings (SSSR count). The number of hydrogen-bond donors (Lipinski definition) is 2. The Morgan fingerprint density at radius 2 is 1.76 bits per heavy atom. The third-order valence-corrected chi connectivity index (χ3v) is 3.19. The van der Waals surface area contributed by atoms with Gasteiger partial charge in [0.15, 0.2) is 17.8 Å². The molecule has 0 amide bonds. The number of carbonyl (C=O) groups is 1. The molecule has 0 aliphatic heterocycles. The number of phenols is 2. The molecule has 2 aromatic carbocycles. The van der Waals surface area contributed by atoms with E-state index in [9.17, 15) is 19.8 Å². The first kappa shape index (κ1) is 12.9. The van der Waals surface area contributed by atoms with Crippen LogP contribution in [0.3, 0.4) is 0 Å². The van der Waals surface area contributed by atoms with Gasteiger partial charge in [-0.2, -0.15) is 0 Å². The van der Waals surface area contributed by atoms with Crippen LogP contribution in [-0.2, 0) is 0 Å². The number of phenolic OH excluding ortho intramolecular Hbond substituents is 2. The lowest BCUT2D eigenvalue weighted by Crippen LogP contribution is -2.10. The average Bonchev–Trinajstić information content (AvgIpc) is 2.50. The topological polar surface area (TPSA) is 87.7 Å². The molecule has 0 atom stereocenters. The van der Waals surface area contributed by atoms with Gasteiger partial charge >= 0.3 is 0 Å². The SMILES string of the molecule is O=Cc1c(-c2ccc(O)c(O)c2)oc2ccccc2c1=O. The summed E-state index contributed by atoms with van der Waals surface area (Å²) in [6.07, 6.45) is 0.428. The van der Waals surface area contributed by atoms with Gasteiger partial charge in [0.05, 0.1) is 5.39 Å². The van der Waals surface area contributed by atoms with E-state index < -0.39 is 5.43 Å². The van der Waals surface area contributed by atoms with Crippen LogP contribution in [0.4, 0.5) is 0 Å². The molecule has 0 unspecified atom stereocenters. The van der Waals surface area contributed by atoms with Crippen LogP contribution in [0.2, 0.25) is 0 Å². The highest BCUT2D eigenvalue weighted by Gasteiger charge is 2.16. The molecule has 0 saturated heterocycles. The lowest BCUT2D eigenvalue weighted by Gasteiger charge is -2.07. The first-order valence-corrected chi connectivity index (χ1v) is 6.15. The summed E-state index contributed by atoms with van der Waals surface area (Å²) in [5.74, 6) is -0.598. The number of benzene rings is 2. The van der Waals surface area contributed by atoms with Gasteiger partial charge in [0, 0.05) is 5.56 Å². The Morgan fingerprint density at radius 3 is 2.48 bits per heavy atom. The van der Waals surface area contributed by atoms with Crippen molar-refractivity contribution >= 4 is 17.3 Å². The molecular formula is C16H10O5. The maximum absolute atomic E-state index is 12.3.